The van der Waals surface area contributed by atoms with Gasteiger partial charge in [-0.05, 0) is 49.1 Å². The Kier molecular flexibility index (Phi) is 2.55. The molecule has 1 fully saturated rings. The van der Waals surface area contributed by atoms with Crippen LogP contribution >= 0.6 is 0 Å². The van der Waals surface area contributed by atoms with Crippen molar-refractivity contribution in [1.29, 1.82) is 0 Å². The second kappa shape index (κ2) is 4.32. The molecule has 1 aromatic heterocycles. The van der Waals surface area contributed by atoms with Crippen molar-refractivity contribution in [3.8, 4) is 0 Å². The molecule has 0 spiro atoms. The van der Waals surface area contributed by atoms with E-state index in [9.17, 15) is 9.18 Å². The topological polar surface area (TPSA) is 48.0 Å². The molecule has 2 N–H and O–H groups in total. The fraction of sp³-hybridized carbons (Fsp3) is 0.235. The van der Waals surface area contributed by atoms with Crippen LogP contribution in [0.2, 0.25) is 0 Å². The number of carbonyl (C=O) groups excluding carboxylic acids is 1. The molecule has 1 aliphatic carbocycles. The predicted octanol–water partition coefficient (Wildman–Crippen LogP) is 3.44. The lowest BCUT2D eigenvalue weighted by molar-refractivity contribution is 0.100. The van der Waals surface area contributed by atoms with Gasteiger partial charge in [-0.3, -0.25) is 4.79 Å². The third kappa shape index (κ3) is 1.90. The van der Waals surface area contributed by atoms with Gasteiger partial charge in [-0.2, -0.15) is 0 Å². The molecule has 0 saturated heterocycles. The summed E-state index contributed by atoms with van der Waals surface area (Å²) in [4.78, 5) is 11.7. The van der Waals surface area contributed by atoms with Gasteiger partial charge in [0, 0.05) is 33.9 Å². The zero-order valence-corrected chi connectivity index (χ0v) is 11.5. The highest BCUT2D eigenvalue weighted by atomic mass is 19.1. The van der Waals surface area contributed by atoms with Crippen molar-refractivity contribution in [1.82, 2.24) is 4.57 Å². The summed E-state index contributed by atoms with van der Waals surface area (Å²) in [7, 11) is 0. The third-order valence-corrected chi connectivity index (χ3v) is 4.26. The van der Waals surface area contributed by atoms with Crippen molar-refractivity contribution >= 4 is 27.7 Å². The minimum atomic E-state index is -0.477. The molecule has 1 aliphatic rings. The number of hydrogen-bond donors (Lipinski definition) is 1. The Morgan fingerprint density at radius 2 is 2.05 bits per heavy atom. The molecule has 0 unspecified atom stereocenters. The number of nitrogens with two attached hydrogens (primary N) is 1. The number of halogens is 1. The van der Waals surface area contributed by atoms with E-state index in [1.165, 1.54) is 25.0 Å². The minimum absolute atomic E-state index is 0.299. The molecular weight excluding hydrogens is 267 g/mol. The summed E-state index contributed by atoms with van der Waals surface area (Å²) in [5, 5.41) is 1.53. The van der Waals surface area contributed by atoms with E-state index >= 15 is 0 Å². The van der Waals surface area contributed by atoms with Crippen LogP contribution in [0.25, 0.3) is 21.8 Å². The van der Waals surface area contributed by atoms with Crippen LogP contribution < -0.4 is 5.73 Å². The average Bonchev–Trinajstić information content (AvgIpc) is 3.23. The lowest BCUT2D eigenvalue weighted by Crippen LogP contribution is -2.11. The Labute approximate surface area is 121 Å². The summed E-state index contributed by atoms with van der Waals surface area (Å²) in [6, 6.07) is 10.3. The first kappa shape index (κ1) is 12.4. The molecule has 0 radical (unpaired) electrons. The molecule has 4 heteroatoms. The van der Waals surface area contributed by atoms with Gasteiger partial charge in [0.05, 0.1) is 0 Å². The van der Waals surface area contributed by atoms with Crippen LogP contribution in [0.3, 0.4) is 0 Å². The molecule has 4 rings (SSSR count). The zero-order chi connectivity index (χ0) is 14.6. The van der Waals surface area contributed by atoms with Crippen LogP contribution in [-0.2, 0) is 6.54 Å². The summed E-state index contributed by atoms with van der Waals surface area (Å²) in [5.41, 5.74) is 7.87. The summed E-state index contributed by atoms with van der Waals surface area (Å²) >= 11 is 0. The van der Waals surface area contributed by atoms with Crippen LogP contribution in [0.5, 0.6) is 0 Å². The molecule has 1 saturated carbocycles. The number of rotatable bonds is 3. The largest absolute Gasteiger partial charge is 0.366 e. The highest BCUT2D eigenvalue weighted by Crippen LogP contribution is 2.37. The summed E-state index contributed by atoms with van der Waals surface area (Å²) in [5.74, 6) is -0.0892. The molecular formula is C17H15FN2O. The van der Waals surface area contributed by atoms with Crippen LogP contribution in [0.1, 0.15) is 23.2 Å². The first-order valence-electron chi connectivity index (χ1n) is 7.15. The number of carbonyl (C=O) groups is 1. The number of fused-ring (bicyclic) bond motifs is 3. The maximum Gasteiger partial charge on any atom is 0.249 e. The molecule has 3 nitrogen and oxygen atoms in total. The lowest BCUT2D eigenvalue weighted by Gasteiger charge is -2.06. The monoisotopic (exact) mass is 282 g/mol. The molecule has 0 bridgehead atoms. The Balaban J connectivity index is 2.14. The van der Waals surface area contributed by atoms with Gasteiger partial charge >= 0.3 is 0 Å². The van der Waals surface area contributed by atoms with E-state index < -0.39 is 5.91 Å². The van der Waals surface area contributed by atoms with Gasteiger partial charge in [0.2, 0.25) is 5.91 Å². The van der Waals surface area contributed by atoms with E-state index in [1.54, 1.807) is 12.1 Å². The van der Waals surface area contributed by atoms with Crippen molar-refractivity contribution in [2.75, 3.05) is 0 Å². The van der Waals surface area contributed by atoms with Crippen molar-refractivity contribution < 1.29 is 9.18 Å². The van der Waals surface area contributed by atoms with Gasteiger partial charge in [0.25, 0.3) is 0 Å². The molecule has 3 aromatic rings. The van der Waals surface area contributed by atoms with Gasteiger partial charge in [-0.25, -0.2) is 4.39 Å². The summed E-state index contributed by atoms with van der Waals surface area (Å²) in [6.45, 7) is 0.911. The van der Waals surface area contributed by atoms with E-state index in [1.807, 2.05) is 12.1 Å². The second-order valence-corrected chi connectivity index (χ2v) is 5.78. The van der Waals surface area contributed by atoms with Gasteiger partial charge in [0.1, 0.15) is 5.82 Å². The van der Waals surface area contributed by atoms with Gasteiger partial charge in [-0.1, -0.05) is 6.07 Å². The van der Waals surface area contributed by atoms with Crippen molar-refractivity contribution in [2.24, 2.45) is 11.7 Å². The third-order valence-electron chi connectivity index (χ3n) is 4.26. The minimum Gasteiger partial charge on any atom is -0.366 e. The highest BCUT2D eigenvalue weighted by molar-refractivity contribution is 6.17. The number of nitrogens with zero attached hydrogens (tertiary/aromatic N) is 1. The first-order chi connectivity index (χ1) is 10.1. The fourth-order valence-corrected chi connectivity index (χ4v) is 3.08. The van der Waals surface area contributed by atoms with Gasteiger partial charge < -0.3 is 10.3 Å². The number of primary amides is 1. The van der Waals surface area contributed by atoms with Crippen LogP contribution in [0, 0.1) is 11.7 Å². The molecule has 21 heavy (non-hydrogen) atoms. The van der Waals surface area contributed by atoms with Crippen molar-refractivity contribution in [3.05, 3.63) is 47.8 Å². The van der Waals surface area contributed by atoms with E-state index in [0.29, 0.717) is 11.5 Å². The average molecular weight is 282 g/mol. The number of benzene rings is 2. The highest BCUT2D eigenvalue weighted by Gasteiger charge is 2.24. The predicted molar refractivity (Wildman–Crippen MR) is 80.6 cm³/mol. The van der Waals surface area contributed by atoms with Gasteiger partial charge in [-0.15, -0.1) is 0 Å². The van der Waals surface area contributed by atoms with Crippen molar-refractivity contribution in [3.63, 3.8) is 0 Å². The van der Waals surface area contributed by atoms with Crippen LogP contribution in [0.15, 0.2) is 36.4 Å². The molecule has 0 aliphatic heterocycles. The SMILES string of the molecule is NC(=O)c1cccc2c1c1cc(F)ccc1n2CC1CC1. The van der Waals surface area contributed by atoms with E-state index in [4.69, 9.17) is 5.73 Å². The van der Waals surface area contributed by atoms with E-state index in [2.05, 4.69) is 4.57 Å². The van der Waals surface area contributed by atoms with Crippen molar-refractivity contribution in [2.45, 2.75) is 19.4 Å². The summed E-state index contributed by atoms with van der Waals surface area (Å²) < 4.78 is 15.8. The number of aromatic nitrogens is 1. The number of amides is 1. The maximum absolute atomic E-state index is 13.7. The molecule has 1 amide bonds. The molecule has 106 valence electrons. The van der Waals surface area contributed by atoms with Gasteiger partial charge in [0.15, 0.2) is 0 Å². The Morgan fingerprint density at radius 3 is 2.76 bits per heavy atom. The Bertz CT molecular complexity index is 877. The lowest BCUT2D eigenvalue weighted by atomic mass is 10.1. The summed E-state index contributed by atoms with van der Waals surface area (Å²) in [6.07, 6.45) is 2.47. The molecule has 2 aromatic carbocycles. The van der Waals surface area contributed by atoms with Crippen LogP contribution in [-0.4, -0.2) is 10.5 Å². The Morgan fingerprint density at radius 1 is 1.24 bits per heavy atom. The van der Waals surface area contributed by atoms with E-state index in [-0.39, 0.29) is 5.82 Å². The van der Waals surface area contributed by atoms with E-state index in [0.717, 1.165) is 28.4 Å². The zero-order valence-electron chi connectivity index (χ0n) is 11.5. The smallest absolute Gasteiger partial charge is 0.249 e. The maximum atomic E-state index is 13.7. The normalized spacial score (nSPS) is 14.9. The second-order valence-electron chi connectivity index (χ2n) is 5.78. The quantitative estimate of drug-likeness (QED) is 0.786. The van der Waals surface area contributed by atoms with Crippen LogP contribution in [0.4, 0.5) is 4.39 Å². The number of hydrogen-bond acceptors (Lipinski definition) is 1. The molecule has 1 heterocycles. The first-order valence-corrected chi connectivity index (χ1v) is 7.15. The molecule has 0 atom stereocenters. The standard InChI is InChI=1S/C17H15FN2O/c18-11-6-7-14-13(8-11)16-12(17(19)21)2-1-3-15(16)20(14)9-10-4-5-10/h1-3,6-8,10H,4-5,9H2,(H2,19,21). The Hall–Kier alpha value is -2.36. The fourth-order valence-electron chi connectivity index (χ4n) is 3.08.